The van der Waals surface area contributed by atoms with Gasteiger partial charge in [0.2, 0.25) is 5.91 Å². The Hall–Kier alpha value is -0.900. The minimum atomic E-state index is 0.224. The van der Waals surface area contributed by atoms with Crippen molar-refractivity contribution in [2.45, 2.75) is 136 Å². The maximum atomic E-state index is 12.1. The molecule has 1 atom stereocenters. The van der Waals surface area contributed by atoms with E-state index in [2.05, 4.69) is 35.3 Å². The molecule has 4 heteroatoms. The highest BCUT2D eigenvalue weighted by Gasteiger charge is 2.20. The zero-order valence-electron chi connectivity index (χ0n) is 20.3. The topological polar surface area (TPSA) is 44.7 Å². The smallest absolute Gasteiger partial charge is 0.220 e. The van der Waals surface area contributed by atoms with Crippen LogP contribution in [0.1, 0.15) is 129 Å². The molecule has 1 N–H and O–H groups in total. The number of carbonyl (C=O) groups excluding carboxylic acids is 1. The summed E-state index contributed by atoms with van der Waals surface area (Å²) in [6.07, 6.45) is 25.4. The molecule has 4 nitrogen and oxygen atoms in total. The second kappa shape index (κ2) is 20.0. The first-order chi connectivity index (χ1) is 14.8. The summed E-state index contributed by atoms with van der Waals surface area (Å²) < 4.78 is 0. The van der Waals surface area contributed by atoms with Crippen molar-refractivity contribution in [1.82, 2.24) is 10.2 Å². The third-order valence-corrected chi connectivity index (χ3v) is 6.31. The third-order valence-electron chi connectivity index (χ3n) is 6.31. The van der Waals surface area contributed by atoms with Gasteiger partial charge in [-0.3, -0.25) is 14.7 Å². The summed E-state index contributed by atoms with van der Waals surface area (Å²) in [5.74, 6) is 0.224. The number of carbonyl (C=O) groups is 1. The van der Waals surface area contributed by atoms with Gasteiger partial charge < -0.3 is 5.32 Å². The maximum Gasteiger partial charge on any atom is 0.220 e. The quantitative estimate of drug-likeness (QED) is 0.205. The molecule has 0 aromatic carbocycles. The second-order valence-electron chi connectivity index (χ2n) is 9.15. The highest BCUT2D eigenvalue weighted by Crippen LogP contribution is 2.16. The Morgan fingerprint density at radius 1 is 0.833 bits per heavy atom. The van der Waals surface area contributed by atoms with Gasteiger partial charge in [0.15, 0.2) is 0 Å². The van der Waals surface area contributed by atoms with Crippen molar-refractivity contribution < 1.29 is 4.79 Å². The molecule has 0 spiro atoms. The molecule has 0 saturated heterocycles. The van der Waals surface area contributed by atoms with E-state index in [0.29, 0.717) is 12.6 Å². The number of rotatable bonds is 21. The lowest BCUT2D eigenvalue weighted by molar-refractivity contribution is -0.121. The van der Waals surface area contributed by atoms with E-state index in [4.69, 9.17) is 0 Å². The Morgan fingerprint density at radius 3 is 1.97 bits per heavy atom. The molecule has 0 bridgehead atoms. The van der Waals surface area contributed by atoms with Crippen LogP contribution in [0.2, 0.25) is 0 Å². The highest BCUT2D eigenvalue weighted by atomic mass is 16.1. The summed E-state index contributed by atoms with van der Waals surface area (Å²) in [6.45, 7) is 7.15. The van der Waals surface area contributed by atoms with Crippen LogP contribution in [0.3, 0.4) is 0 Å². The SMILES string of the molecule is CCCCCCCCCCCC(=O)NCCN1CC=NC1CCCCCCCCC. The number of nitrogens with one attached hydrogen (secondary N) is 1. The first-order valence-corrected chi connectivity index (χ1v) is 13.3. The second-order valence-corrected chi connectivity index (χ2v) is 9.15. The molecule has 1 aliphatic rings. The van der Waals surface area contributed by atoms with E-state index in [0.717, 1.165) is 32.5 Å². The molecule has 30 heavy (non-hydrogen) atoms. The molecule has 1 aliphatic heterocycles. The number of amides is 1. The summed E-state index contributed by atoms with van der Waals surface area (Å²) in [7, 11) is 0. The zero-order valence-corrected chi connectivity index (χ0v) is 20.3. The maximum absolute atomic E-state index is 12.1. The molecule has 0 aromatic heterocycles. The van der Waals surface area contributed by atoms with Gasteiger partial charge in [0, 0.05) is 32.3 Å². The Morgan fingerprint density at radius 2 is 1.37 bits per heavy atom. The predicted molar refractivity (Wildman–Crippen MR) is 131 cm³/mol. The molecule has 176 valence electrons. The monoisotopic (exact) mass is 421 g/mol. The van der Waals surface area contributed by atoms with Crippen LogP contribution in [0, 0.1) is 0 Å². The van der Waals surface area contributed by atoms with Gasteiger partial charge >= 0.3 is 0 Å². The number of hydrogen-bond donors (Lipinski definition) is 1. The van der Waals surface area contributed by atoms with Crippen molar-refractivity contribution in [2.24, 2.45) is 4.99 Å². The van der Waals surface area contributed by atoms with E-state index < -0.39 is 0 Å². The van der Waals surface area contributed by atoms with Crippen molar-refractivity contribution in [1.29, 1.82) is 0 Å². The lowest BCUT2D eigenvalue weighted by Crippen LogP contribution is -2.38. The first kappa shape index (κ1) is 27.1. The number of aliphatic imine (C=N–C) groups is 1. The fourth-order valence-corrected chi connectivity index (χ4v) is 4.29. The molecule has 1 unspecified atom stereocenters. The van der Waals surface area contributed by atoms with Gasteiger partial charge in [-0.25, -0.2) is 0 Å². The molecule has 1 amide bonds. The van der Waals surface area contributed by atoms with E-state index in [1.54, 1.807) is 0 Å². The Kier molecular flexibility index (Phi) is 18.1. The minimum absolute atomic E-state index is 0.224. The summed E-state index contributed by atoms with van der Waals surface area (Å²) in [5.41, 5.74) is 0. The number of hydrogen-bond acceptors (Lipinski definition) is 3. The van der Waals surface area contributed by atoms with Gasteiger partial charge in [0.1, 0.15) is 6.17 Å². The van der Waals surface area contributed by atoms with E-state index in [1.165, 1.54) is 96.3 Å². The highest BCUT2D eigenvalue weighted by molar-refractivity contribution is 5.75. The van der Waals surface area contributed by atoms with Crippen molar-refractivity contribution in [2.75, 3.05) is 19.6 Å². The molecule has 0 aromatic rings. The fourth-order valence-electron chi connectivity index (χ4n) is 4.29. The van der Waals surface area contributed by atoms with E-state index >= 15 is 0 Å². The van der Waals surface area contributed by atoms with Gasteiger partial charge in [-0.2, -0.15) is 0 Å². The van der Waals surface area contributed by atoms with Gasteiger partial charge in [0.05, 0.1) is 0 Å². The Labute approximate surface area is 187 Å². The van der Waals surface area contributed by atoms with Crippen LogP contribution < -0.4 is 5.32 Å². The molecule has 1 rings (SSSR count). The van der Waals surface area contributed by atoms with Gasteiger partial charge in [-0.05, 0) is 19.3 Å². The minimum Gasteiger partial charge on any atom is -0.355 e. The van der Waals surface area contributed by atoms with Crippen molar-refractivity contribution in [3.05, 3.63) is 0 Å². The molecule has 0 radical (unpaired) electrons. The van der Waals surface area contributed by atoms with Gasteiger partial charge in [0.25, 0.3) is 0 Å². The zero-order chi connectivity index (χ0) is 21.7. The largest absolute Gasteiger partial charge is 0.355 e. The molecular formula is C26H51N3O. The first-order valence-electron chi connectivity index (χ1n) is 13.3. The van der Waals surface area contributed by atoms with Crippen LogP contribution in [-0.4, -0.2) is 42.8 Å². The summed E-state index contributed by atoms with van der Waals surface area (Å²) in [5, 5.41) is 3.12. The van der Waals surface area contributed by atoms with Crippen molar-refractivity contribution in [3.8, 4) is 0 Å². The molecular weight excluding hydrogens is 370 g/mol. The average Bonchev–Trinajstić information content (AvgIpc) is 3.19. The van der Waals surface area contributed by atoms with E-state index in [-0.39, 0.29) is 5.91 Å². The van der Waals surface area contributed by atoms with Crippen molar-refractivity contribution in [3.63, 3.8) is 0 Å². The normalized spacial score (nSPS) is 16.4. The predicted octanol–water partition coefficient (Wildman–Crippen LogP) is 6.88. The summed E-state index contributed by atoms with van der Waals surface area (Å²) in [6, 6.07) is 0. The Balaban J connectivity index is 1.94. The van der Waals surface area contributed by atoms with Crippen LogP contribution in [0.15, 0.2) is 4.99 Å². The molecule has 1 heterocycles. The van der Waals surface area contributed by atoms with Crippen LogP contribution in [0.25, 0.3) is 0 Å². The molecule has 0 fully saturated rings. The van der Waals surface area contributed by atoms with Crippen LogP contribution >= 0.6 is 0 Å². The number of unbranched alkanes of at least 4 members (excludes halogenated alkanes) is 14. The molecule has 0 aliphatic carbocycles. The summed E-state index contributed by atoms with van der Waals surface area (Å²) >= 11 is 0. The average molecular weight is 422 g/mol. The van der Waals surface area contributed by atoms with Crippen LogP contribution in [0.4, 0.5) is 0 Å². The third kappa shape index (κ3) is 15.0. The van der Waals surface area contributed by atoms with Crippen molar-refractivity contribution >= 4 is 12.1 Å². The lowest BCUT2D eigenvalue weighted by Gasteiger charge is -2.23. The van der Waals surface area contributed by atoms with Gasteiger partial charge in [-0.1, -0.05) is 104 Å². The van der Waals surface area contributed by atoms with Crippen LogP contribution in [0.5, 0.6) is 0 Å². The van der Waals surface area contributed by atoms with E-state index in [9.17, 15) is 4.79 Å². The van der Waals surface area contributed by atoms with Crippen LogP contribution in [-0.2, 0) is 4.79 Å². The molecule has 0 saturated carbocycles. The Bertz CT molecular complexity index is 425. The summed E-state index contributed by atoms with van der Waals surface area (Å²) in [4.78, 5) is 19.1. The fraction of sp³-hybridized carbons (Fsp3) is 0.923. The standard InChI is InChI=1S/C26H51N3O/c1-3-5-7-9-11-12-14-16-18-20-26(30)28-22-24-29-23-21-27-25(29)19-17-15-13-10-8-6-4-2/h21,25H,3-20,22-24H2,1-2H3,(H,28,30). The number of nitrogens with zero attached hydrogens (tertiary/aromatic N) is 2. The van der Waals surface area contributed by atoms with E-state index in [1.807, 2.05) is 0 Å². The van der Waals surface area contributed by atoms with Gasteiger partial charge in [-0.15, -0.1) is 0 Å². The lowest BCUT2D eigenvalue weighted by atomic mass is 10.1.